The number of primary sulfonamides is 1. The third-order valence-electron chi connectivity index (χ3n) is 5.56. The molecule has 0 saturated carbocycles. The molecular weight excluding hydrogens is 433 g/mol. The molecule has 2 aromatic carbocycles. The molecule has 0 amide bonds. The van der Waals surface area contributed by atoms with Gasteiger partial charge in [-0.3, -0.25) is 4.90 Å². The average molecular weight is 460 g/mol. The maximum absolute atomic E-state index is 14.9. The molecule has 0 unspecified atom stereocenters. The molecule has 0 spiro atoms. The lowest BCUT2D eigenvalue weighted by molar-refractivity contribution is 0.0780. The highest BCUT2D eigenvalue weighted by Crippen LogP contribution is 2.21. The van der Waals surface area contributed by atoms with Crippen LogP contribution in [0.5, 0.6) is 0 Å². The summed E-state index contributed by atoms with van der Waals surface area (Å²) < 4.78 is 39.5. The van der Waals surface area contributed by atoms with Crippen LogP contribution in [0, 0.1) is 12.7 Å². The van der Waals surface area contributed by atoms with Crippen molar-refractivity contribution in [2.75, 3.05) is 13.1 Å². The number of aryl methyl sites for hydroxylation is 1. The van der Waals surface area contributed by atoms with Crippen LogP contribution < -0.4 is 5.14 Å². The molecule has 0 atom stereocenters. The van der Waals surface area contributed by atoms with E-state index in [0.29, 0.717) is 37.5 Å². The van der Waals surface area contributed by atoms with Crippen molar-refractivity contribution >= 4 is 10.0 Å². The Hall–Kier alpha value is -2.66. The molecule has 10 heteroatoms. The highest BCUT2D eigenvalue weighted by Gasteiger charge is 2.21. The molecule has 170 valence electrons. The zero-order chi connectivity index (χ0) is 22.9. The predicted octanol–water partition coefficient (Wildman–Crippen LogP) is 1.91. The van der Waals surface area contributed by atoms with Crippen molar-refractivity contribution in [3.05, 3.63) is 71.1 Å². The number of halogens is 1. The Bertz CT molecular complexity index is 1220. The Morgan fingerprint density at radius 2 is 1.94 bits per heavy atom. The average Bonchev–Trinajstić information content (AvgIpc) is 3.10. The van der Waals surface area contributed by atoms with Crippen LogP contribution in [-0.2, 0) is 23.0 Å². The molecule has 1 aliphatic heterocycles. The van der Waals surface area contributed by atoms with Crippen molar-refractivity contribution in [2.24, 2.45) is 5.14 Å². The fraction of sp³-hybridized carbons (Fsp3) is 0.364. The van der Waals surface area contributed by atoms with Gasteiger partial charge in [0.1, 0.15) is 17.3 Å². The van der Waals surface area contributed by atoms with E-state index < -0.39 is 15.8 Å². The van der Waals surface area contributed by atoms with Crippen LogP contribution in [0.1, 0.15) is 35.6 Å². The highest BCUT2D eigenvalue weighted by molar-refractivity contribution is 7.89. The molecule has 1 aromatic heterocycles. The van der Waals surface area contributed by atoms with E-state index >= 15 is 0 Å². The monoisotopic (exact) mass is 459 g/mol. The van der Waals surface area contributed by atoms with E-state index in [0.717, 1.165) is 30.3 Å². The van der Waals surface area contributed by atoms with Crippen LogP contribution >= 0.6 is 0 Å². The van der Waals surface area contributed by atoms with Gasteiger partial charge in [-0.2, -0.15) is 0 Å². The zero-order valence-electron chi connectivity index (χ0n) is 17.8. The molecule has 0 aliphatic carbocycles. The van der Waals surface area contributed by atoms with Crippen LogP contribution in [0.15, 0.2) is 47.4 Å². The van der Waals surface area contributed by atoms with Crippen LogP contribution in [-0.4, -0.2) is 52.4 Å². The van der Waals surface area contributed by atoms with Gasteiger partial charge in [0.15, 0.2) is 5.82 Å². The van der Waals surface area contributed by atoms with Gasteiger partial charge in [-0.25, -0.2) is 27.6 Å². The number of nitrogens with zero attached hydrogens (tertiary/aromatic N) is 4. The second-order valence-corrected chi connectivity index (χ2v) is 9.75. The van der Waals surface area contributed by atoms with Gasteiger partial charge < -0.3 is 5.11 Å². The first kappa shape index (κ1) is 22.5. The number of benzene rings is 2. The summed E-state index contributed by atoms with van der Waals surface area (Å²) in [5.74, 6) is 0.337. The summed E-state index contributed by atoms with van der Waals surface area (Å²) in [6.45, 7) is 3.95. The molecule has 8 nitrogen and oxygen atoms in total. The van der Waals surface area contributed by atoms with Crippen molar-refractivity contribution in [1.82, 2.24) is 19.7 Å². The van der Waals surface area contributed by atoms with Gasteiger partial charge in [0, 0.05) is 19.5 Å². The van der Waals surface area contributed by atoms with E-state index in [1.54, 1.807) is 0 Å². The molecule has 4 rings (SSSR count). The highest BCUT2D eigenvalue weighted by atomic mass is 32.2. The van der Waals surface area contributed by atoms with Crippen LogP contribution in [0.25, 0.3) is 5.69 Å². The molecule has 3 N–H and O–H groups in total. The largest absolute Gasteiger partial charge is 0.393 e. The summed E-state index contributed by atoms with van der Waals surface area (Å²) in [6, 6.07) is 11.5. The lowest BCUT2D eigenvalue weighted by Crippen LogP contribution is -2.35. The first-order valence-electron chi connectivity index (χ1n) is 10.4. The topological polar surface area (TPSA) is 114 Å². The first-order valence-corrected chi connectivity index (χ1v) is 12.0. The van der Waals surface area contributed by atoms with Crippen molar-refractivity contribution < 1.29 is 17.9 Å². The summed E-state index contributed by atoms with van der Waals surface area (Å²) in [7, 11) is -4.02. The maximum atomic E-state index is 14.9. The van der Waals surface area contributed by atoms with Crippen molar-refractivity contribution in [1.29, 1.82) is 0 Å². The Balaban J connectivity index is 1.70. The second kappa shape index (κ2) is 9.07. The number of hydrogen-bond donors (Lipinski definition) is 2. The van der Waals surface area contributed by atoms with Gasteiger partial charge >= 0.3 is 0 Å². The Morgan fingerprint density at radius 3 is 2.59 bits per heavy atom. The number of rotatable bonds is 6. The number of aliphatic hydroxyl groups excluding tert-OH is 1. The SMILES string of the molecule is Cc1cccc(Cc2nc(CN3CCC(O)CC3)nn2-c2ccc(S(N)(=O)=O)cc2F)c1. The van der Waals surface area contributed by atoms with Gasteiger partial charge in [0.2, 0.25) is 10.0 Å². The van der Waals surface area contributed by atoms with Crippen LogP contribution in [0.2, 0.25) is 0 Å². The molecule has 1 saturated heterocycles. The summed E-state index contributed by atoms with van der Waals surface area (Å²) in [4.78, 5) is 6.53. The van der Waals surface area contributed by atoms with Gasteiger partial charge in [-0.1, -0.05) is 29.8 Å². The normalized spacial score (nSPS) is 15.9. The lowest BCUT2D eigenvalue weighted by atomic mass is 10.1. The van der Waals surface area contributed by atoms with Crippen LogP contribution in [0.3, 0.4) is 0 Å². The maximum Gasteiger partial charge on any atom is 0.238 e. The van der Waals surface area contributed by atoms with E-state index in [1.807, 2.05) is 31.2 Å². The molecule has 1 fully saturated rings. The van der Waals surface area contributed by atoms with Crippen LogP contribution in [0.4, 0.5) is 4.39 Å². The number of sulfonamides is 1. The Kier molecular flexibility index (Phi) is 6.38. The van der Waals surface area contributed by atoms with E-state index in [9.17, 15) is 17.9 Å². The number of aromatic nitrogens is 3. The molecule has 0 bridgehead atoms. The summed E-state index contributed by atoms with van der Waals surface area (Å²) in [5, 5.41) is 19.4. The van der Waals surface area contributed by atoms with Gasteiger partial charge in [-0.05, 0) is 43.5 Å². The van der Waals surface area contributed by atoms with E-state index in [1.165, 1.54) is 16.8 Å². The Labute approximate surface area is 186 Å². The third kappa shape index (κ3) is 5.21. The Morgan fingerprint density at radius 1 is 1.19 bits per heavy atom. The fourth-order valence-corrected chi connectivity index (χ4v) is 4.41. The van der Waals surface area contributed by atoms with Gasteiger partial charge in [0.25, 0.3) is 0 Å². The third-order valence-corrected chi connectivity index (χ3v) is 6.47. The van der Waals surface area contributed by atoms with E-state index in [4.69, 9.17) is 5.14 Å². The fourth-order valence-electron chi connectivity index (χ4n) is 3.88. The molecule has 0 radical (unpaired) electrons. The number of likely N-dealkylation sites (tertiary alicyclic amines) is 1. The van der Waals surface area contributed by atoms with E-state index in [2.05, 4.69) is 15.0 Å². The van der Waals surface area contributed by atoms with Crippen molar-refractivity contribution in [2.45, 2.75) is 43.7 Å². The molecule has 32 heavy (non-hydrogen) atoms. The molecule has 2 heterocycles. The second-order valence-electron chi connectivity index (χ2n) is 8.19. The number of nitrogens with two attached hydrogens (primary N) is 1. The minimum Gasteiger partial charge on any atom is -0.393 e. The molecular formula is C22H26FN5O3S. The number of hydrogen-bond acceptors (Lipinski definition) is 6. The molecule has 3 aromatic rings. The first-order chi connectivity index (χ1) is 15.2. The van der Waals surface area contributed by atoms with Gasteiger partial charge in [0.05, 0.1) is 17.5 Å². The van der Waals surface area contributed by atoms with Crippen molar-refractivity contribution in [3.63, 3.8) is 0 Å². The number of piperidine rings is 1. The standard InChI is InChI=1S/C22H26FN5O3S/c1-15-3-2-4-16(11-15)12-22-25-21(14-27-9-7-17(29)8-10-27)26-28(22)20-6-5-18(13-19(20)23)32(24,30)31/h2-6,11,13,17,29H,7-10,12,14H2,1H3,(H2,24,30,31). The summed E-state index contributed by atoms with van der Waals surface area (Å²) in [5.41, 5.74) is 2.21. The lowest BCUT2D eigenvalue weighted by Gasteiger charge is -2.28. The number of aliphatic hydroxyl groups is 1. The molecule has 1 aliphatic rings. The zero-order valence-corrected chi connectivity index (χ0v) is 18.6. The summed E-state index contributed by atoms with van der Waals surface area (Å²) >= 11 is 0. The van der Waals surface area contributed by atoms with Gasteiger partial charge in [-0.15, -0.1) is 5.10 Å². The smallest absolute Gasteiger partial charge is 0.238 e. The summed E-state index contributed by atoms with van der Waals surface area (Å²) in [6.07, 6.45) is 1.55. The van der Waals surface area contributed by atoms with E-state index in [-0.39, 0.29) is 16.7 Å². The minimum absolute atomic E-state index is 0.105. The minimum atomic E-state index is -4.02. The quantitative estimate of drug-likeness (QED) is 0.582. The van der Waals surface area contributed by atoms with Crippen molar-refractivity contribution in [3.8, 4) is 5.69 Å². The predicted molar refractivity (Wildman–Crippen MR) is 117 cm³/mol.